The molecule has 15 heteroatoms. The molecular weight excluding hydrogens is 715 g/mol. The number of methoxy groups -OCH3 is 2. The number of nitrogens with zero attached hydrogens (tertiary/aromatic N) is 6. The second-order valence-electron chi connectivity index (χ2n) is 16.0. The van der Waals surface area contributed by atoms with Gasteiger partial charge in [-0.15, -0.1) is 0 Å². The van der Waals surface area contributed by atoms with Gasteiger partial charge in [-0.2, -0.15) is 0 Å². The number of anilines is 2. The molecule has 4 amide bonds. The van der Waals surface area contributed by atoms with E-state index in [-0.39, 0.29) is 35.7 Å². The van der Waals surface area contributed by atoms with Crippen LogP contribution in [-0.2, 0) is 25.5 Å². The lowest BCUT2D eigenvalue weighted by Gasteiger charge is -2.37. The first-order valence-corrected chi connectivity index (χ1v) is 20.0. The molecule has 0 unspecified atom stereocenters. The standard InChI is InChI=1S/C41H55N9O6/c1-24(2)35(45-40(53)55-5)38(51)49-15-7-9-33(49)32-22-26-21-27(11-13-29(26)42-32)47-17-19-48(20-18-47)28-12-14-30-31(23-28)44-37(43-30)34-10-8-16-50(34)39(52)36(25(3)4)46-41(54)56-6/h11-14,21,23-25,33-36H,7-10,15-20,22H2,1-6H3,(H,43,44)(H,45,53)(H,46,54)/t33-,34-,35-,36-/m0/s1. The second-order valence-corrected chi connectivity index (χ2v) is 16.0. The van der Waals surface area contributed by atoms with Crippen molar-refractivity contribution in [2.75, 3.05) is 63.3 Å². The molecule has 3 aromatic rings. The highest BCUT2D eigenvalue weighted by molar-refractivity contribution is 6.01. The first-order valence-electron chi connectivity index (χ1n) is 20.0. The maximum absolute atomic E-state index is 13.7. The highest BCUT2D eigenvalue weighted by Gasteiger charge is 2.40. The molecular formula is C41H55N9O6. The monoisotopic (exact) mass is 769 g/mol. The maximum atomic E-state index is 13.7. The van der Waals surface area contributed by atoms with Crippen molar-refractivity contribution in [2.45, 2.75) is 84.0 Å². The SMILES string of the molecule is COC(=O)N[C@H](C(=O)N1CCC[C@H]1C1=Nc2ccc(N3CCN(c4ccc5nc([C@@H]6CCCN6C(=O)[C@@H](NC(=O)OC)C(C)C)[nH]c5c4)CC3)cc2C1)C(C)C. The van der Waals surface area contributed by atoms with Crippen LogP contribution in [-0.4, -0.2) is 121 Å². The number of piperazine rings is 1. The summed E-state index contributed by atoms with van der Waals surface area (Å²) in [5.74, 6) is 0.377. The van der Waals surface area contributed by atoms with E-state index in [0.717, 1.165) is 85.8 Å². The normalized spacial score (nSPS) is 20.7. The minimum Gasteiger partial charge on any atom is -0.453 e. The number of alkyl carbamates (subject to hydrolysis) is 2. The van der Waals surface area contributed by atoms with Gasteiger partial charge in [0, 0.05) is 62.8 Å². The van der Waals surface area contributed by atoms with Crippen molar-refractivity contribution in [3.63, 3.8) is 0 Å². The van der Waals surface area contributed by atoms with Gasteiger partial charge in [-0.25, -0.2) is 14.6 Å². The number of nitrogens with one attached hydrogen (secondary N) is 3. The number of amides is 4. The van der Waals surface area contributed by atoms with E-state index in [2.05, 4.69) is 55.7 Å². The summed E-state index contributed by atoms with van der Waals surface area (Å²) in [5, 5.41) is 5.45. The third kappa shape index (κ3) is 7.85. The number of carbonyl (C=O) groups is 4. The summed E-state index contributed by atoms with van der Waals surface area (Å²) < 4.78 is 9.57. The van der Waals surface area contributed by atoms with Gasteiger partial charge in [0.25, 0.3) is 0 Å². The van der Waals surface area contributed by atoms with Gasteiger partial charge >= 0.3 is 12.2 Å². The number of aromatic amines is 1. The number of aromatic nitrogens is 2. The molecule has 2 aromatic carbocycles. The number of aliphatic imine (C=N–C) groups is 1. The van der Waals surface area contributed by atoms with Crippen molar-refractivity contribution in [1.82, 2.24) is 30.4 Å². The zero-order valence-corrected chi connectivity index (χ0v) is 33.3. The minimum absolute atomic E-state index is 0.0794. The van der Waals surface area contributed by atoms with Crippen LogP contribution >= 0.6 is 0 Å². The molecule has 1 aromatic heterocycles. The van der Waals surface area contributed by atoms with Gasteiger partial charge in [-0.3, -0.25) is 14.6 Å². The molecule has 3 N–H and O–H groups in total. The Kier molecular flexibility index (Phi) is 11.4. The van der Waals surface area contributed by atoms with Crippen molar-refractivity contribution in [3.8, 4) is 0 Å². The minimum atomic E-state index is -0.678. The predicted molar refractivity (Wildman–Crippen MR) is 215 cm³/mol. The first kappa shape index (κ1) is 38.9. The highest BCUT2D eigenvalue weighted by Crippen LogP contribution is 2.36. The van der Waals surface area contributed by atoms with Crippen molar-refractivity contribution >= 4 is 57.8 Å². The van der Waals surface area contributed by atoms with E-state index < -0.39 is 24.3 Å². The zero-order chi connectivity index (χ0) is 39.7. The molecule has 0 radical (unpaired) electrons. The van der Waals surface area contributed by atoms with Gasteiger partial charge in [0.1, 0.15) is 17.9 Å². The van der Waals surface area contributed by atoms with Gasteiger partial charge in [0.15, 0.2) is 0 Å². The summed E-state index contributed by atoms with van der Waals surface area (Å²) in [5.41, 5.74) is 7.24. The van der Waals surface area contributed by atoms with E-state index in [0.29, 0.717) is 19.5 Å². The maximum Gasteiger partial charge on any atom is 0.407 e. The van der Waals surface area contributed by atoms with Crippen LogP contribution in [0, 0.1) is 11.8 Å². The summed E-state index contributed by atoms with van der Waals surface area (Å²) in [6.07, 6.45) is 2.90. The topological polar surface area (TPSA) is 165 Å². The molecule has 0 bridgehead atoms. The van der Waals surface area contributed by atoms with Crippen LogP contribution in [0.3, 0.4) is 0 Å². The van der Waals surface area contributed by atoms with Crippen LogP contribution in [0.15, 0.2) is 41.4 Å². The third-order valence-electron chi connectivity index (χ3n) is 11.7. The third-order valence-corrected chi connectivity index (χ3v) is 11.7. The number of fused-ring (bicyclic) bond motifs is 2. The van der Waals surface area contributed by atoms with Crippen molar-refractivity contribution < 1.29 is 28.7 Å². The van der Waals surface area contributed by atoms with Crippen molar-refractivity contribution in [1.29, 1.82) is 0 Å². The Morgan fingerprint density at radius 1 is 0.732 bits per heavy atom. The molecule has 5 heterocycles. The van der Waals surface area contributed by atoms with Crippen LogP contribution in [0.2, 0.25) is 0 Å². The first-order chi connectivity index (χ1) is 26.9. The number of rotatable bonds is 10. The molecule has 0 aliphatic carbocycles. The quantitative estimate of drug-likeness (QED) is 0.259. The molecule has 0 saturated carbocycles. The summed E-state index contributed by atoms with van der Waals surface area (Å²) >= 11 is 0. The Morgan fingerprint density at radius 3 is 1.84 bits per heavy atom. The van der Waals surface area contributed by atoms with Gasteiger partial charge in [-0.05, 0) is 79.5 Å². The number of benzene rings is 2. The smallest absolute Gasteiger partial charge is 0.407 e. The molecule has 4 aliphatic rings. The van der Waals surface area contributed by atoms with E-state index in [4.69, 9.17) is 19.5 Å². The number of imidazole rings is 1. The summed E-state index contributed by atoms with van der Waals surface area (Å²) in [4.78, 5) is 73.3. The Morgan fingerprint density at radius 2 is 1.27 bits per heavy atom. The average molecular weight is 770 g/mol. The van der Waals surface area contributed by atoms with E-state index >= 15 is 0 Å². The lowest BCUT2D eigenvalue weighted by atomic mass is 10.00. The van der Waals surface area contributed by atoms with Gasteiger partial charge in [0.05, 0.1) is 43.0 Å². The van der Waals surface area contributed by atoms with Crippen LogP contribution in [0.1, 0.15) is 70.8 Å². The van der Waals surface area contributed by atoms with Crippen LogP contribution < -0.4 is 20.4 Å². The van der Waals surface area contributed by atoms with Gasteiger partial charge < -0.3 is 44.7 Å². The fourth-order valence-electron chi connectivity index (χ4n) is 8.64. The molecule has 15 nitrogen and oxygen atoms in total. The fraction of sp³-hybridized carbons (Fsp3) is 0.561. The van der Waals surface area contributed by atoms with Crippen LogP contribution in [0.5, 0.6) is 0 Å². The Hall–Kier alpha value is -5.34. The summed E-state index contributed by atoms with van der Waals surface area (Å²) in [6, 6.07) is 11.2. The van der Waals surface area contributed by atoms with Crippen LogP contribution in [0.25, 0.3) is 11.0 Å². The molecule has 300 valence electrons. The molecule has 4 aliphatic heterocycles. The molecule has 4 atom stereocenters. The zero-order valence-electron chi connectivity index (χ0n) is 33.3. The Labute approximate surface area is 328 Å². The van der Waals surface area contributed by atoms with Crippen LogP contribution in [0.4, 0.5) is 26.7 Å². The molecule has 3 fully saturated rings. The molecule has 0 spiro atoms. The lowest BCUT2D eigenvalue weighted by molar-refractivity contribution is -0.135. The number of hydrogen-bond acceptors (Lipinski definition) is 10. The van der Waals surface area contributed by atoms with E-state index in [1.165, 1.54) is 25.5 Å². The predicted octanol–water partition coefficient (Wildman–Crippen LogP) is 4.93. The van der Waals surface area contributed by atoms with Crippen molar-refractivity contribution in [2.24, 2.45) is 16.8 Å². The molecule has 56 heavy (non-hydrogen) atoms. The summed E-state index contributed by atoms with van der Waals surface area (Å²) in [6.45, 7) is 12.4. The highest BCUT2D eigenvalue weighted by atomic mass is 16.5. The molecule has 7 rings (SSSR count). The van der Waals surface area contributed by atoms with Crippen molar-refractivity contribution in [3.05, 3.63) is 47.8 Å². The van der Waals surface area contributed by atoms with E-state index in [1.54, 1.807) is 0 Å². The number of H-pyrrole nitrogens is 1. The second kappa shape index (κ2) is 16.4. The number of ether oxygens (including phenoxy) is 2. The van der Waals surface area contributed by atoms with E-state index in [1.807, 2.05) is 43.6 Å². The van der Waals surface area contributed by atoms with Gasteiger partial charge in [0.2, 0.25) is 11.8 Å². The average Bonchev–Trinajstić information content (AvgIpc) is 4.03. The number of likely N-dealkylation sites (tertiary alicyclic amines) is 2. The van der Waals surface area contributed by atoms with E-state index in [9.17, 15) is 19.2 Å². The largest absolute Gasteiger partial charge is 0.453 e. The number of hydrogen-bond donors (Lipinski definition) is 3. The fourth-order valence-corrected chi connectivity index (χ4v) is 8.64. The Balaban J connectivity index is 0.971. The number of carbonyl (C=O) groups excluding carboxylic acids is 4. The molecule has 3 saturated heterocycles. The summed E-state index contributed by atoms with van der Waals surface area (Å²) in [7, 11) is 2.61. The lowest BCUT2D eigenvalue weighted by Crippen LogP contribution is -2.53. The van der Waals surface area contributed by atoms with Gasteiger partial charge in [-0.1, -0.05) is 27.7 Å². The Bertz CT molecular complexity index is 1990.